The third-order valence-electron chi connectivity index (χ3n) is 8.87. The molecule has 0 radical (unpaired) electrons. The molecule has 2 bridgehead atoms. The van der Waals surface area contributed by atoms with Crippen LogP contribution in [-0.2, 0) is 28.6 Å². The molecule has 7 nitrogen and oxygen atoms in total. The van der Waals surface area contributed by atoms with Crippen LogP contribution >= 0.6 is 0 Å². The van der Waals surface area contributed by atoms with Gasteiger partial charge < -0.3 is 18.6 Å². The third kappa shape index (κ3) is 1.79. The standard InChI is InChI=1S/C22H26O7/c1-13(23)28-20(4)8-7-19(3)18(2)6-9-22(19,29-16(18)24)21(20)11-15(27-17(21)25)14-5-10-26-12-14/h5,10,12,15H,6-9,11H2,1-4H3/t15-,18+,19+,20+,21+,22+/m1/s1. The van der Waals surface area contributed by atoms with Gasteiger partial charge in [-0.25, -0.2) is 0 Å². The average molecular weight is 402 g/mol. The minimum absolute atomic E-state index is 0.266. The Morgan fingerprint density at radius 3 is 2.48 bits per heavy atom. The molecular weight excluding hydrogens is 376 g/mol. The van der Waals surface area contributed by atoms with Crippen LogP contribution in [-0.4, -0.2) is 29.1 Å². The molecule has 2 saturated carbocycles. The quantitative estimate of drug-likeness (QED) is 0.552. The molecule has 1 aromatic heterocycles. The third-order valence-corrected chi connectivity index (χ3v) is 8.87. The molecular formula is C22H26O7. The zero-order chi connectivity index (χ0) is 20.9. The molecule has 3 heterocycles. The van der Waals surface area contributed by atoms with Crippen LogP contribution in [0.15, 0.2) is 23.0 Å². The Morgan fingerprint density at radius 2 is 1.86 bits per heavy atom. The number of carbonyl (C=O) groups is 3. The van der Waals surface area contributed by atoms with E-state index >= 15 is 0 Å². The number of rotatable bonds is 2. The molecule has 1 aromatic rings. The molecule has 4 fully saturated rings. The minimum Gasteiger partial charge on any atom is -0.472 e. The Hall–Kier alpha value is -2.31. The van der Waals surface area contributed by atoms with Crippen molar-refractivity contribution >= 4 is 17.9 Å². The molecule has 4 aliphatic rings. The first-order valence-corrected chi connectivity index (χ1v) is 10.2. The zero-order valence-corrected chi connectivity index (χ0v) is 17.2. The van der Waals surface area contributed by atoms with Gasteiger partial charge in [-0.1, -0.05) is 6.92 Å². The van der Waals surface area contributed by atoms with Crippen LogP contribution < -0.4 is 0 Å². The summed E-state index contributed by atoms with van der Waals surface area (Å²) in [5.41, 5.74) is -3.93. The summed E-state index contributed by atoms with van der Waals surface area (Å²) < 4.78 is 23.1. The highest BCUT2D eigenvalue weighted by atomic mass is 16.6. The SMILES string of the molecule is CC(=O)O[C@@]1(C)CC[C@]2(C)[C@@]3(CC[C@@]2(C)C(=O)O3)[C@]12C[C@H](c1ccoc1)OC2=O. The van der Waals surface area contributed by atoms with Crippen LogP contribution in [0.4, 0.5) is 0 Å². The average Bonchev–Trinajstić information content (AvgIpc) is 3.36. The van der Waals surface area contributed by atoms with Gasteiger partial charge in [-0.3, -0.25) is 14.4 Å². The summed E-state index contributed by atoms with van der Waals surface area (Å²) in [6.45, 7) is 7.14. The van der Waals surface area contributed by atoms with Gasteiger partial charge in [0.25, 0.3) is 0 Å². The maximum Gasteiger partial charge on any atom is 0.321 e. The number of hydrogen-bond donors (Lipinski definition) is 0. The largest absolute Gasteiger partial charge is 0.472 e. The smallest absolute Gasteiger partial charge is 0.321 e. The highest BCUT2D eigenvalue weighted by molar-refractivity contribution is 5.90. The molecule has 5 rings (SSSR count). The number of ether oxygens (including phenoxy) is 3. The predicted molar refractivity (Wildman–Crippen MR) is 98.3 cm³/mol. The predicted octanol–water partition coefficient (Wildman–Crippen LogP) is 3.47. The number of cyclic esters (lactones) is 1. The molecule has 156 valence electrons. The maximum absolute atomic E-state index is 13.7. The molecule has 0 aromatic carbocycles. The molecule has 29 heavy (non-hydrogen) atoms. The lowest BCUT2D eigenvalue weighted by Gasteiger charge is -2.59. The fourth-order valence-electron chi connectivity index (χ4n) is 7.06. The summed E-state index contributed by atoms with van der Waals surface area (Å²) >= 11 is 0. The van der Waals surface area contributed by atoms with E-state index in [1.807, 2.05) is 6.92 Å². The van der Waals surface area contributed by atoms with E-state index in [4.69, 9.17) is 18.6 Å². The van der Waals surface area contributed by atoms with Crippen molar-refractivity contribution in [1.82, 2.24) is 0 Å². The first kappa shape index (κ1) is 18.7. The van der Waals surface area contributed by atoms with E-state index < -0.39 is 45.5 Å². The minimum atomic E-state index is -1.27. The molecule has 2 aliphatic heterocycles. The molecule has 7 heteroatoms. The van der Waals surface area contributed by atoms with Crippen molar-refractivity contribution in [1.29, 1.82) is 0 Å². The zero-order valence-electron chi connectivity index (χ0n) is 17.2. The van der Waals surface area contributed by atoms with Crippen LogP contribution in [0.5, 0.6) is 0 Å². The second kappa shape index (κ2) is 5.24. The molecule has 1 spiro atoms. The Balaban J connectivity index is 1.73. The van der Waals surface area contributed by atoms with Gasteiger partial charge >= 0.3 is 17.9 Å². The summed E-state index contributed by atoms with van der Waals surface area (Å²) in [5.74, 6) is -1.19. The van der Waals surface area contributed by atoms with Crippen LogP contribution in [0.1, 0.15) is 71.5 Å². The van der Waals surface area contributed by atoms with Crippen LogP contribution in [0.3, 0.4) is 0 Å². The first-order chi connectivity index (χ1) is 13.6. The van der Waals surface area contributed by atoms with E-state index in [0.29, 0.717) is 25.7 Å². The van der Waals surface area contributed by atoms with Crippen molar-refractivity contribution in [3.8, 4) is 0 Å². The fraction of sp³-hybridized carbons (Fsp3) is 0.682. The molecule has 0 N–H and O–H groups in total. The van der Waals surface area contributed by atoms with Gasteiger partial charge in [-0.05, 0) is 45.6 Å². The Labute approximate surface area is 169 Å². The van der Waals surface area contributed by atoms with Gasteiger partial charge in [0.05, 0.1) is 17.9 Å². The summed E-state index contributed by atoms with van der Waals surface area (Å²) in [6, 6.07) is 1.76. The summed E-state index contributed by atoms with van der Waals surface area (Å²) in [5, 5.41) is 0. The lowest BCUT2D eigenvalue weighted by Crippen LogP contribution is -2.71. The van der Waals surface area contributed by atoms with Gasteiger partial charge in [0, 0.05) is 24.3 Å². The molecule has 2 saturated heterocycles. The van der Waals surface area contributed by atoms with Gasteiger partial charge in [0.2, 0.25) is 0 Å². The van der Waals surface area contributed by atoms with E-state index in [1.54, 1.807) is 19.3 Å². The van der Waals surface area contributed by atoms with Gasteiger partial charge in [-0.2, -0.15) is 0 Å². The van der Waals surface area contributed by atoms with Gasteiger partial charge in [-0.15, -0.1) is 0 Å². The first-order valence-electron chi connectivity index (χ1n) is 10.2. The second-order valence-corrected chi connectivity index (χ2v) is 9.77. The monoisotopic (exact) mass is 402 g/mol. The summed E-state index contributed by atoms with van der Waals surface area (Å²) in [4.78, 5) is 38.8. The summed E-state index contributed by atoms with van der Waals surface area (Å²) in [7, 11) is 0. The van der Waals surface area contributed by atoms with Gasteiger partial charge in [0.1, 0.15) is 17.3 Å². The van der Waals surface area contributed by atoms with Crippen molar-refractivity contribution < 1.29 is 33.0 Å². The Morgan fingerprint density at radius 1 is 1.10 bits per heavy atom. The summed E-state index contributed by atoms with van der Waals surface area (Å²) in [6.07, 6.45) is 5.10. The highest BCUT2D eigenvalue weighted by Crippen LogP contribution is 2.79. The van der Waals surface area contributed by atoms with E-state index in [2.05, 4.69) is 6.92 Å². The van der Waals surface area contributed by atoms with Crippen LogP contribution in [0.25, 0.3) is 0 Å². The van der Waals surface area contributed by atoms with E-state index in [1.165, 1.54) is 13.2 Å². The molecule has 2 aliphatic carbocycles. The van der Waals surface area contributed by atoms with Crippen molar-refractivity contribution in [3.63, 3.8) is 0 Å². The molecule has 6 atom stereocenters. The van der Waals surface area contributed by atoms with Crippen molar-refractivity contribution in [2.45, 2.75) is 77.1 Å². The number of esters is 3. The van der Waals surface area contributed by atoms with Crippen LogP contribution in [0.2, 0.25) is 0 Å². The number of hydrogen-bond acceptors (Lipinski definition) is 7. The van der Waals surface area contributed by atoms with E-state index in [9.17, 15) is 14.4 Å². The topological polar surface area (TPSA) is 92.0 Å². The number of carbonyl (C=O) groups excluding carboxylic acids is 3. The van der Waals surface area contributed by atoms with E-state index in [-0.39, 0.29) is 12.4 Å². The molecule has 0 unspecified atom stereocenters. The van der Waals surface area contributed by atoms with E-state index in [0.717, 1.165) is 5.56 Å². The second-order valence-electron chi connectivity index (χ2n) is 9.77. The van der Waals surface area contributed by atoms with Crippen LogP contribution in [0, 0.1) is 16.2 Å². The maximum atomic E-state index is 13.7. The van der Waals surface area contributed by atoms with Crippen molar-refractivity contribution in [2.75, 3.05) is 0 Å². The van der Waals surface area contributed by atoms with Crippen molar-refractivity contribution in [3.05, 3.63) is 24.2 Å². The Bertz CT molecular complexity index is 922. The molecule has 0 amide bonds. The lowest BCUT2D eigenvalue weighted by atomic mass is 9.45. The fourth-order valence-corrected chi connectivity index (χ4v) is 7.06. The normalized spacial score (nSPS) is 47.8. The lowest BCUT2D eigenvalue weighted by molar-refractivity contribution is -0.251. The van der Waals surface area contributed by atoms with Gasteiger partial charge in [0.15, 0.2) is 5.41 Å². The number of furan rings is 1. The Kier molecular flexibility index (Phi) is 3.38. The highest BCUT2D eigenvalue weighted by Gasteiger charge is 2.88. The van der Waals surface area contributed by atoms with Crippen molar-refractivity contribution in [2.24, 2.45) is 16.2 Å².